The molecule has 3 rings (SSSR count). The second-order valence-corrected chi connectivity index (χ2v) is 11.4. The van der Waals surface area contributed by atoms with Crippen molar-refractivity contribution in [2.45, 2.75) is 30.6 Å². The van der Waals surface area contributed by atoms with E-state index in [1.807, 2.05) is 34.9 Å². The van der Waals surface area contributed by atoms with Crippen molar-refractivity contribution in [2.75, 3.05) is 0 Å². The van der Waals surface area contributed by atoms with Crippen LogP contribution in [0.3, 0.4) is 0 Å². The van der Waals surface area contributed by atoms with Crippen LogP contribution in [0.15, 0.2) is 82.6 Å². The molecule has 25 heavy (non-hydrogen) atoms. The van der Waals surface area contributed by atoms with Gasteiger partial charge in [-0.15, -0.1) is 0 Å². The lowest BCUT2D eigenvalue weighted by molar-refractivity contribution is 0.633. The van der Waals surface area contributed by atoms with Crippen molar-refractivity contribution in [1.82, 2.24) is 0 Å². The molecule has 0 aromatic heterocycles. The molecule has 0 radical (unpaired) electrons. The molecule has 0 saturated carbocycles. The van der Waals surface area contributed by atoms with Crippen LogP contribution < -0.4 is 4.52 Å². The predicted molar refractivity (Wildman–Crippen MR) is 113 cm³/mol. The van der Waals surface area contributed by atoms with Crippen molar-refractivity contribution in [2.24, 2.45) is 0 Å². The molecule has 0 fully saturated rings. The Kier molecular flexibility index (Phi) is 6.47. The van der Waals surface area contributed by atoms with E-state index < -0.39 is 6.55 Å². The van der Waals surface area contributed by atoms with Crippen LogP contribution >= 0.6 is 29.3 Å². The smallest absolute Gasteiger partial charge is 0.219 e. The van der Waals surface area contributed by atoms with E-state index in [1.165, 1.54) is 26.5 Å². The van der Waals surface area contributed by atoms with E-state index in [1.54, 1.807) is 0 Å². The second-order valence-electron chi connectivity index (χ2n) is 5.79. The summed E-state index contributed by atoms with van der Waals surface area (Å²) >= 11 is 3.66. The zero-order valence-corrected chi connectivity index (χ0v) is 17.1. The fourth-order valence-corrected chi connectivity index (χ4v) is 8.57. The van der Waals surface area contributed by atoms with Crippen LogP contribution in [0.2, 0.25) is 0 Å². The van der Waals surface area contributed by atoms with Gasteiger partial charge in [0.15, 0.2) is 0 Å². The Morgan fingerprint density at radius 2 is 1.04 bits per heavy atom. The molecule has 3 aromatic rings. The molecule has 0 saturated heterocycles. The summed E-state index contributed by atoms with van der Waals surface area (Å²) < 4.78 is 6.45. The van der Waals surface area contributed by atoms with Crippen LogP contribution in [0.1, 0.15) is 16.7 Å². The summed E-state index contributed by atoms with van der Waals surface area (Å²) in [5.74, 6) is 0.968. The van der Waals surface area contributed by atoms with Gasteiger partial charge in [0.25, 0.3) is 0 Å². The molecule has 0 amide bonds. The van der Waals surface area contributed by atoms with Crippen molar-refractivity contribution < 1.29 is 4.52 Å². The zero-order chi connectivity index (χ0) is 17.6. The normalized spacial score (nSPS) is 10.9. The molecule has 4 heteroatoms. The molecule has 0 aliphatic rings. The summed E-state index contributed by atoms with van der Waals surface area (Å²) in [5.41, 5.74) is 3.75. The first-order valence-electron chi connectivity index (χ1n) is 8.14. The summed E-state index contributed by atoms with van der Waals surface area (Å²) in [6.07, 6.45) is 0. The average molecular weight is 385 g/mol. The van der Waals surface area contributed by atoms with Crippen LogP contribution in [-0.4, -0.2) is 0 Å². The highest BCUT2D eigenvalue weighted by Gasteiger charge is 2.18. The van der Waals surface area contributed by atoms with Gasteiger partial charge >= 0.3 is 0 Å². The van der Waals surface area contributed by atoms with Crippen molar-refractivity contribution in [3.63, 3.8) is 0 Å². The number of benzene rings is 3. The molecular formula is C21H21OPS2. The SMILES string of the molecule is Cc1ccccc1OP(Sc1ccccc1C)Sc1ccccc1C. The molecule has 0 bridgehead atoms. The van der Waals surface area contributed by atoms with Gasteiger partial charge in [0.1, 0.15) is 5.75 Å². The van der Waals surface area contributed by atoms with Gasteiger partial charge in [-0.25, -0.2) is 0 Å². The maximum absolute atomic E-state index is 6.45. The number of aryl methyl sites for hydroxylation is 3. The highest BCUT2D eigenvalue weighted by molar-refractivity contribution is 8.87. The molecule has 0 spiro atoms. The summed E-state index contributed by atoms with van der Waals surface area (Å²) in [4.78, 5) is 2.56. The lowest BCUT2D eigenvalue weighted by Crippen LogP contribution is -1.87. The van der Waals surface area contributed by atoms with Gasteiger partial charge in [0.2, 0.25) is 6.55 Å². The van der Waals surface area contributed by atoms with E-state index in [2.05, 4.69) is 81.4 Å². The van der Waals surface area contributed by atoms with E-state index in [0.717, 1.165) is 5.75 Å². The van der Waals surface area contributed by atoms with Crippen LogP contribution in [0.5, 0.6) is 5.75 Å². The van der Waals surface area contributed by atoms with E-state index in [4.69, 9.17) is 4.52 Å². The molecule has 1 nitrogen and oxygen atoms in total. The number of hydrogen-bond acceptors (Lipinski definition) is 3. The minimum Gasteiger partial charge on any atom is -0.452 e. The highest BCUT2D eigenvalue weighted by atomic mass is 33.1. The van der Waals surface area contributed by atoms with Crippen LogP contribution in [0.25, 0.3) is 0 Å². The zero-order valence-electron chi connectivity index (χ0n) is 14.6. The topological polar surface area (TPSA) is 9.23 Å². The minimum atomic E-state index is -0.805. The highest BCUT2D eigenvalue weighted by Crippen LogP contribution is 2.67. The first-order chi connectivity index (χ1) is 12.1. The van der Waals surface area contributed by atoms with Gasteiger partial charge in [0, 0.05) is 9.79 Å². The third-order valence-electron chi connectivity index (χ3n) is 3.80. The first kappa shape index (κ1) is 18.4. The average Bonchev–Trinajstić information content (AvgIpc) is 2.61. The maximum atomic E-state index is 6.45. The Morgan fingerprint density at radius 1 is 0.600 bits per heavy atom. The molecule has 0 aliphatic carbocycles. The molecule has 0 N–H and O–H groups in total. The number of para-hydroxylation sites is 1. The lowest BCUT2D eigenvalue weighted by atomic mass is 10.2. The van der Waals surface area contributed by atoms with E-state index in [9.17, 15) is 0 Å². The van der Waals surface area contributed by atoms with E-state index in [0.29, 0.717) is 0 Å². The summed E-state index contributed by atoms with van der Waals surface area (Å²) in [5, 5.41) is 0. The minimum absolute atomic E-state index is 0.805. The quantitative estimate of drug-likeness (QED) is 0.401. The van der Waals surface area contributed by atoms with Crippen LogP contribution in [-0.2, 0) is 0 Å². The predicted octanol–water partition coefficient (Wildman–Crippen LogP) is 7.80. The molecule has 0 aliphatic heterocycles. The Morgan fingerprint density at radius 3 is 1.52 bits per heavy atom. The van der Waals surface area contributed by atoms with Gasteiger partial charge in [0.05, 0.1) is 0 Å². The number of rotatable bonds is 6. The van der Waals surface area contributed by atoms with Crippen LogP contribution in [0, 0.1) is 20.8 Å². The third-order valence-corrected chi connectivity index (χ3v) is 9.62. The molecule has 0 atom stereocenters. The summed E-state index contributed by atoms with van der Waals surface area (Å²) in [6.45, 7) is 5.60. The second kappa shape index (κ2) is 8.80. The Labute approximate surface area is 159 Å². The monoisotopic (exact) mass is 384 g/mol. The molecular weight excluding hydrogens is 363 g/mol. The fourth-order valence-electron chi connectivity index (χ4n) is 2.27. The van der Waals surface area contributed by atoms with Crippen LogP contribution in [0.4, 0.5) is 0 Å². The number of hydrogen-bond donors (Lipinski definition) is 0. The Hall–Kier alpha value is -1.41. The third kappa shape index (κ3) is 5.04. The largest absolute Gasteiger partial charge is 0.452 e. The Bertz CT molecular complexity index is 738. The van der Waals surface area contributed by atoms with E-state index in [-0.39, 0.29) is 0 Å². The van der Waals surface area contributed by atoms with Gasteiger partial charge in [-0.1, -0.05) is 54.6 Å². The van der Waals surface area contributed by atoms with E-state index >= 15 is 0 Å². The standard InChI is InChI=1S/C21H21OPS2/c1-16-10-4-7-13-19(16)22-23(24-20-14-8-5-11-17(20)2)25-21-15-9-6-12-18(21)3/h4-15H,1-3H3. The van der Waals surface area contributed by atoms with Crippen molar-refractivity contribution in [3.05, 3.63) is 89.5 Å². The molecule has 0 heterocycles. The molecule has 3 aromatic carbocycles. The van der Waals surface area contributed by atoms with Crippen molar-refractivity contribution in [3.8, 4) is 5.75 Å². The summed E-state index contributed by atoms with van der Waals surface area (Å²) in [7, 11) is 0. The molecule has 0 unspecified atom stereocenters. The Balaban J connectivity index is 1.86. The van der Waals surface area contributed by atoms with Crippen molar-refractivity contribution in [1.29, 1.82) is 0 Å². The van der Waals surface area contributed by atoms with Gasteiger partial charge < -0.3 is 4.52 Å². The first-order valence-corrected chi connectivity index (χ1v) is 12.2. The summed E-state index contributed by atoms with van der Waals surface area (Å²) in [6, 6.07) is 25.2. The lowest BCUT2D eigenvalue weighted by Gasteiger charge is -2.19. The molecule has 128 valence electrons. The van der Waals surface area contributed by atoms with Gasteiger partial charge in [-0.05, 0) is 78.4 Å². The van der Waals surface area contributed by atoms with Gasteiger partial charge in [-0.2, -0.15) is 0 Å². The maximum Gasteiger partial charge on any atom is 0.219 e. The van der Waals surface area contributed by atoms with Crippen molar-refractivity contribution >= 4 is 29.3 Å². The van der Waals surface area contributed by atoms with Gasteiger partial charge in [-0.3, -0.25) is 0 Å². The fraction of sp³-hybridized carbons (Fsp3) is 0.143.